The van der Waals surface area contributed by atoms with E-state index in [1.807, 2.05) is 77.1 Å². The zero-order chi connectivity index (χ0) is 24.4. The predicted octanol–water partition coefficient (Wildman–Crippen LogP) is 6.11. The van der Waals surface area contributed by atoms with Crippen molar-refractivity contribution < 1.29 is 14.3 Å². The average molecular weight is 455 g/mol. The van der Waals surface area contributed by atoms with E-state index in [9.17, 15) is 9.59 Å². The molecule has 3 aromatic carbocycles. The summed E-state index contributed by atoms with van der Waals surface area (Å²) in [6.07, 6.45) is 0.869. The van der Waals surface area contributed by atoms with Crippen molar-refractivity contribution in [1.82, 2.24) is 0 Å². The molecule has 1 aliphatic heterocycles. The topological polar surface area (TPSA) is 58.6 Å². The molecule has 0 unspecified atom stereocenters. The molecule has 0 fully saturated rings. The second kappa shape index (κ2) is 9.56. The Kier molecular flexibility index (Phi) is 6.55. The molecule has 1 heterocycles. The molecule has 1 N–H and O–H groups in total. The number of hydrogen-bond donors (Lipinski definition) is 1. The lowest BCUT2D eigenvalue weighted by Gasteiger charge is -2.17. The summed E-state index contributed by atoms with van der Waals surface area (Å²) in [6.45, 7) is 10.6. The van der Waals surface area contributed by atoms with Gasteiger partial charge in [-0.15, -0.1) is 0 Å². The zero-order valence-corrected chi connectivity index (χ0v) is 20.4. The number of rotatable bonds is 7. The first-order valence-corrected chi connectivity index (χ1v) is 11.6. The van der Waals surface area contributed by atoms with Gasteiger partial charge in [-0.2, -0.15) is 0 Å². The predicted molar refractivity (Wildman–Crippen MR) is 137 cm³/mol. The lowest BCUT2D eigenvalue weighted by atomic mass is 9.97. The Balaban J connectivity index is 1.81. The second-order valence-electron chi connectivity index (χ2n) is 8.78. The monoisotopic (exact) mass is 454 g/mol. The van der Waals surface area contributed by atoms with Gasteiger partial charge in [-0.05, 0) is 80.6 Å². The van der Waals surface area contributed by atoms with Crippen molar-refractivity contribution >= 4 is 28.8 Å². The number of amides is 2. The minimum Gasteiger partial charge on any atom is -0.494 e. The molecular weight excluding hydrogens is 424 g/mol. The van der Waals surface area contributed by atoms with E-state index in [1.165, 1.54) is 4.90 Å². The third-order valence-electron chi connectivity index (χ3n) is 6.06. The fourth-order valence-corrected chi connectivity index (χ4v) is 4.12. The Morgan fingerprint density at radius 2 is 1.62 bits per heavy atom. The largest absolute Gasteiger partial charge is 0.494 e. The van der Waals surface area contributed by atoms with Crippen LogP contribution < -0.4 is 15.0 Å². The number of imide groups is 1. The van der Waals surface area contributed by atoms with Crippen LogP contribution in [0, 0.1) is 27.7 Å². The molecule has 0 radical (unpaired) electrons. The maximum Gasteiger partial charge on any atom is 0.282 e. The van der Waals surface area contributed by atoms with Gasteiger partial charge in [0.2, 0.25) is 0 Å². The maximum atomic E-state index is 13.8. The zero-order valence-electron chi connectivity index (χ0n) is 20.4. The van der Waals surface area contributed by atoms with Gasteiger partial charge in [0.25, 0.3) is 11.8 Å². The summed E-state index contributed by atoms with van der Waals surface area (Å²) in [5, 5.41) is 3.26. The third kappa shape index (κ3) is 4.46. The van der Waals surface area contributed by atoms with Crippen LogP contribution in [-0.2, 0) is 9.59 Å². The van der Waals surface area contributed by atoms with Crippen LogP contribution in [0.4, 0.5) is 11.4 Å². The third-order valence-corrected chi connectivity index (χ3v) is 6.06. The van der Waals surface area contributed by atoms with Crippen LogP contribution in [-0.4, -0.2) is 18.4 Å². The highest BCUT2D eigenvalue weighted by molar-refractivity contribution is 6.46. The molecule has 0 bridgehead atoms. The van der Waals surface area contributed by atoms with Crippen molar-refractivity contribution in [3.8, 4) is 5.75 Å². The average Bonchev–Trinajstić information content (AvgIpc) is 3.04. The van der Waals surface area contributed by atoms with Gasteiger partial charge >= 0.3 is 0 Å². The highest BCUT2D eigenvalue weighted by Crippen LogP contribution is 2.36. The molecule has 0 spiro atoms. The van der Waals surface area contributed by atoms with Crippen LogP contribution in [0.25, 0.3) is 5.57 Å². The van der Waals surface area contributed by atoms with Crippen LogP contribution in [0.1, 0.15) is 41.2 Å². The molecule has 5 heteroatoms. The van der Waals surface area contributed by atoms with Gasteiger partial charge in [-0.3, -0.25) is 9.59 Å². The molecule has 4 rings (SSSR count). The molecule has 0 aromatic heterocycles. The number of carbonyl (C=O) groups is 2. The van der Waals surface area contributed by atoms with E-state index in [0.717, 1.165) is 39.9 Å². The van der Waals surface area contributed by atoms with Crippen molar-refractivity contribution in [2.45, 2.75) is 41.0 Å². The highest BCUT2D eigenvalue weighted by Gasteiger charge is 2.41. The number of carbonyl (C=O) groups excluding carboxylic acids is 2. The molecule has 0 aliphatic carbocycles. The van der Waals surface area contributed by atoms with Crippen LogP contribution in [0.15, 0.2) is 66.4 Å². The van der Waals surface area contributed by atoms with Crippen LogP contribution in [0.2, 0.25) is 0 Å². The van der Waals surface area contributed by atoms with Gasteiger partial charge in [0.1, 0.15) is 11.4 Å². The fraction of sp³-hybridized carbons (Fsp3) is 0.241. The Hall–Kier alpha value is -3.86. The van der Waals surface area contributed by atoms with Gasteiger partial charge in [0.15, 0.2) is 0 Å². The lowest BCUT2D eigenvalue weighted by molar-refractivity contribution is -0.120. The van der Waals surface area contributed by atoms with Crippen LogP contribution in [0.5, 0.6) is 5.75 Å². The first-order chi connectivity index (χ1) is 16.3. The SMILES string of the molecule is CCCOc1cccc(N2C(=O)C(Nc3ccc(C)c(C)c3)=C(c3ccc(C)cc3C)C2=O)c1. The van der Waals surface area contributed by atoms with Crippen LogP contribution in [0.3, 0.4) is 0 Å². The number of nitrogens with zero attached hydrogens (tertiary/aromatic N) is 1. The minimum atomic E-state index is -0.383. The number of anilines is 2. The van der Waals surface area contributed by atoms with Crippen molar-refractivity contribution in [3.63, 3.8) is 0 Å². The normalized spacial score (nSPS) is 13.6. The van der Waals surface area contributed by atoms with Gasteiger partial charge in [-0.25, -0.2) is 4.90 Å². The Labute approximate surface area is 201 Å². The van der Waals surface area contributed by atoms with Crippen LogP contribution >= 0.6 is 0 Å². The fourth-order valence-electron chi connectivity index (χ4n) is 4.12. The molecule has 5 nitrogen and oxygen atoms in total. The highest BCUT2D eigenvalue weighted by atomic mass is 16.5. The van der Waals surface area contributed by atoms with E-state index in [-0.39, 0.29) is 17.5 Å². The van der Waals surface area contributed by atoms with Crippen molar-refractivity contribution in [1.29, 1.82) is 0 Å². The first-order valence-electron chi connectivity index (χ1n) is 11.6. The molecule has 0 saturated heterocycles. The molecule has 1 aliphatic rings. The second-order valence-corrected chi connectivity index (χ2v) is 8.78. The lowest BCUT2D eigenvalue weighted by Crippen LogP contribution is -2.32. The Morgan fingerprint density at radius 3 is 2.32 bits per heavy atom. The van der Waals surface area contributed by atoms with E-state index in [1.54, 1.807) is 18.2 Å². The van der Waals surface area contributed by atoms with E-state index >= 15 is 0 Å². The van der Waals surface area contributed by atoms with Gasteiger partial charge in [0, 0.05) is 11.8 Å². The van der Waals surface area contributed by atoms with E-state index < -0.39 is 0 Å². The smallest absolute Gasteiger partial charge is 0.282 e. The number of nitrogens with one attached hydrogen (secondary N) is 1. The van der Waals surface area contributed by atoms with Gasteiger partial charge in [-0.1, -0.05) is 42.8 Å². The van der Waals surface area contributed by atoms with Gasteiger partial charge in [0.05, 0.1) is 17.9 Å². The summed E-state index contributed by atoms with van der Waals surface area (Å²) < 4.78 is 5.74. The maximum absolute atomic E-state index is 13.8. The van der Waals surface area contributed by atoms with Gasteiger partial charge < -0.3 is 10.1 Å². The van der Waals surface area contributed by atoms with Crippen molar-refractivity contribution in [2.75, 3.05) is 16.8 Å². The Bertz CT molecular complexity index is 1310. The first kappa shape index (κ1) is 23.3. The number of hydrogen-bond acceptors (Lipinski definition) is 4. The summed E-state index contributed by atoms with van der Waals surface area (Å²) in [7, 11) is 0. The quantitative estimate of drug-likeness (QED) is 0.438. The minimum absolute atomic E-state index is 0.278. The molecule has 0 saturated carbocycles. The number of aryl methyl sites for hydroxylation is 4. The van der Waals surface area contributed by atoms with E-state index in [4.69, 9.17) is 4.74 Å². The molecule has 0 atom stereocenters. The molecule has 2 amide bonds. The molecular formula is C29H30N2O3. The van der Waals surface area contributed by atoms with Crippen molar-refractivity contribution in [3.05, 3.63) is 94.2 Å². The summed E-state index contributed by atoms with van der Waals surface area (Å²) in [5.41, 5.74) is 6.96. The van der Waals surface area contributed by atoms with E-state index in [2.05, 4.69) is 5.32 Å². The molecule has 3 aromatic rings. The van der Waals surface area contributed by atoms with E-state index in [0.29, 0.717) is 23.6 Å². The number of benzene rings is 3. The molecule has 174 valence electrons. The summed E-state index contributed by atoms with van der Waals surface area (Å²) in [6, 6.07) is 18.9. The molecule has 34 heavy (non-hydrogen) atoms. The Morgan fingerprint density at radius 1 is 0.824 bits per heavy atom. The summed E-state index contributed by atoms with van der Waals surface area (Å²) in [5.74, 6) is -0.106. The standard InChI is InChI=1S/C29H30N2O3/c1-6-14-34-24-9-7-8-23(17-24)31-28(32)26(25-13-10-18(2)15-21(25)5)27(29(31)33)30-22-12-11-19(3)20(4)16-22/h7-13,15-17,30H,6,14H2,1-5H3. The van der Waals surface area contributed by atoms with Crippen molar-refractivity contribution in [2.24, 2.45) is 0 Å². The number of ether oxygens (including phenoxy) is 1. The summed E-state index contributed by atoms with van der Waals surface area (Å²) in [4.78, 5) is 28.7. The summed E-state index contributed by atoms with van der Waals surface area (Å²) >= 11 is 0.